The van der Waals surface area contributed by atoms with Crippen LogP contribution < -0.4 is 9.88 Å². The number of alkyl halides is 2. The van der Waals surface area contributed by atoms with Crippen LogP contribution in [0.5, 0.6) is 0 Å². The SMILES string of the molecule is C[C@@H](NC(=O)C(F)F)[C@H]1C(=O)N2C(C(=O)O)=C(Sc3nc(-c4cc[n+](C)cc4)cs3)[C@H](C)[C@H]12. The van der Waals surface area contributed by atoms with Crippen molar-refractivity contribution in [1.82, 2.24) is 15.2 Å². The molecular weight excluding hydrogens is 474 g/mol. The van der Waals surface area contributed by atoms with Gasteiger partial charge in [-0.25, -0.2) is 14.3 Å². The number of nitrogens with zero attached hydrogens (tertiary/aromatic N) is 3. The highest BCUT2D eigenvalue weighted by Crippen LogP contribution is 2.52. The Morgan fingerprint density at radius 1 is 1.33 bits per heavy atom. The molecule has 0 spiro atoms. The zero-order chi connectivity index (χ0) is 24.0. The minimum Gasteiger partial charge on any atom is -0.477 e. The van der Waals surface area contributed by atoms with Gasteiger partial charge in [0.05, 0.1) is 17.7 Å². The number of amides is 2. The van der Waals surface area contributed by atoms with Crippen LogP contribution in [0.2, 0.25) is 0 Å². The first kappa shape index (κ1) is 23.3. The number of thioether (sulfide) groups is 1. The van der Waals surface area contributed by atoms with E-state index in [-0.39, 0.29) is 11.6 Å². The van der Waals surface area contributed by atoms with Crippen LogP contribution in [0, 0.1) is 11.8 Å². The Bertz CT molecular complexity index is 1150. The maximum atomic E-state index is 12.8. The molecule has 0 radical (unpaired) electrons. The lowest BCUT2D eigenvalue weighted by Gasteiger charge is -2.47. The van der Waals surface area contributed by atoms with Gasteiger partial charge < -0.3 is 15.3 Å². The van der Waals surface area contributed by atoms with Gasteiger partial charge in [-0.2, -0.15) is 8.78 Å². The Hall–Kier alpha value is -2.86. The summed E-state index contributed by atoms with van der Waals surface area (Å²) in [6.07, 6.45) is 0.608. The molecule has 2 aromatic rings. The molecule has 2 aliphatic heterocycles. The molecule has 33 heavy (non-hydrogen) atoms. The number of aliphatic carboxylic acids is 1. The highest BCUT2D eigenvalue weighted by Gasteiger charge is 2.60. The number of carbonyl (C=O) groups is 3. The van der Waals surface area contributed by atoms with Gasteiger partial charge in [-0.15, -0.1) is 11.3 Å². The lowest BCUT2D eigenvalue weighted by atomic mass is 9.78. The number of carbonyl (C=O) groups excluding carboxylic acids is 2. The Labute approximate surface area is 196 Å². The first-order chi connectivity index (χ1) is 15.6. The number of hydrogen-bond acceptors (Lipinski definition) is 6. The van der Waals surface area contributed by atoms with Crippen molar-refractivity contribution in [2.75, 3.05) is 0 Å². The van der Waals surface area contributed by atoms with Crippen molar-refractivity contribution in [3.05, 3.63) is 40.5 Å². The van der Waals surface area contributed by atoms with Gasteiger partial charge in [0.15, 0.2) is 16.7 Å². The van der Waals surface area contributed by atoms with Crippen LogP contribution in [0.4, 0.5) is 8.78 Å². The summed E-state index contributed by atoms with van der Waals surface area (Å²) < 4.78 is 27.8. The van der Waals surface area contributed by atoms with E-state index in [4.69, 9.17) is 0 Å². The monoisotopic (exact) mass is 495 g/mol. The number of carboxylic acid groups (broad SMARTS) is 1. The molecule has 1 fully saturated rings. The molecule has 4 rings (SSSR count). The number of halogens is 2. The smallest absolute Gasteiger partial charge is 0.353 e. The molecule has 0 aliphatic carbocycles. The Morgan fingerprint density at radius 3 is 2.61 bits per heavy atom. The molecule has 174 valence electrons. The second-order valence-electron chi connectivity index (χ2n) is 7.98. The number of nitrogens with one attached hydrogen (secondary N) is 1. The topological polar surface area (TPSA) is 103 Å². The Balaban J connectivity index is 1.57. The van der Waals surface area contributed by atoms with Crippen molar-refractivity contribution in [3.63, 3.8) is 0 Å². The van der Waals surface area contributed by atoms with Gasteiger partial charge in [0.1, 0.15) is 12.7 Å². The minimum atomic E-state index is -3.19. The average Bonchev–Trinajstić information content (AvgIpc) is 3.31. The van der Waals surface area contributed by atoms with Gasteiger partial charge in [0.25, 0.3) is 5.91 Å². The maximum Gasteiger partial charge on any atom is 0.353 e. The van der Waals surface area contributed by atoms with Crippen molar-refractivity contribution in [3.8, 4) is 11.3 Å². The third-order valence-electron chi connectivity index (χ3n) is 5.85. The van der Waals surface area contributed by atoms with Crippen LogP contribution in [0.3, 0.4) is 0 Å². The van der Waals surface area contributed by atoms with E-state index in [0.717, 1.165) is 11.3 Å². The minimum absolute atomic E-state index is 0.116. The van der Waals surface area contributed by atoms with Gasteiger partial charge in [-0.05, 0) is 6.92 Å². The fraction of sp³-hybridized carbons (Fsp3) is 0.381. The summed E-state index contributed by atoms with van der Waals surface area (Å²) in [5, 5.41) is 13.9. The van der Waals surface area contributed by atoms with Crippen LogP contribution in [-0.4, -0.2) is 51.3 Å². The van der Waals surface area contributed by atoms with E-state index in [1.807, 2.05) is 41.5 Å². The third-order valence-corrected chi connectivity index (χ3v) is 8.08. The van der Waals surface area contributed by atoms with Crippen molar-refractivity contribution >= 4 is 40.9 Å². The number of hydrogen-bond donors (Lipinski definition) is 2. The summed E-state index contributed by atoms with van der Waals surface area (Å²) in [6.45, 7) is 3.27. The van der Waals surface area contributed by atoms with E-state index >= 15 is 0 Å². The summed E-state index contributed by atoms with van der Waals surface area (Å²) in [6, 6.07) is 2.46. The molecule has 2 N–H and O–H groups in total. The second kappa shape index (κ2) is 8.82. The largest absolute Gasteiger partial charge is 0.477 e. The number of aromatic nitrogens is 2. The predicted octanol–water partition coefficient (Wildman–Crippen LogP) is 2.27. The predicted molar refractivity (Wildman–Crippen MR) is 116 cm³/mol. The number of pyridine rings is 1. The molecule has 0 saturated carbocycles. The van der Waals surface area contributed by atoms with E-state index in [9.17, 15) is 28.3 Å². The van der Waals surface area contributed by atoms with Gasteiger partial charge in [0.2, 0.25) is 5.91 Å². The fourth-order valence-electron chi connectivity index (χ4n) is 4.25. The summed E-state index contributed by atoms with van der Waals surface area (Å²) in [7, 11) is 1.91. The molecule has 2 aliphatic rings. The van der Waals surface area contributed by atoms with Gasteiger partial charge >= 0.3 is 12.4 Å². The summed E-state index contributed by atoms with van der Waals surface area (Å²) in [4.78, 5) is 42.5. The highest BCUT2D eigenvalue weighted by molar-refractivity contribution is 8.04. The van der Waals surface area contributed by atoms with Crippen LogP contribution in [-0.2, 0) is 21.4 Å². The second-order valence-corrected chi connectivity index (χ2v) is 10.1. The quantitative estimate of drug-likeness (QED) is 0.451. The molecule has 12 heteroatoms. The number of thiazole rings is 1. The third kappa shape index (κ3) is 4.12. The zero-order valence-corrected chi connectivity index (χ0v) is 19.5. The molecule has 2 amide bonds. The number of carboxylic acids is 1. The molecule has 2 aromatic heterocycles. The summed E-state index contributed by atoms with van der Waals surface area (Å²) >= 11 is 2.56. The zero-order valence-electron chi connectivity index (χ0n) is 17.9. The van der Waals surface area contributed by atoms with Crippen molar-refractivity contribution in [1.29, 1.82) is 0 Å². The van der Waals surface area contributed by atoms with Gasteiger partial charge in [-0.1, -0.05) is 18.7 Å². The van der Waals surface area contributed by atoms with E-state index < -0.39 is 42.2 Å². The van der Waals surface area contributed by atoms with Crippen LogP contribution in [0.25, 0.3) is 11.3 Å². The number of aryl methyl sites for hydroxylation is 1. The van der Waals surface area contributed by atoms with Crippen molar-refractivity contribution < 1.29 is 32.8 Å². The number of rotatable bonds is 7. The normalized spacial score (nSPS) is 22.9. The van der Waals surface area contributed by atoms with Crippen LogP contribution in [0.1, 0.15) is 13.8 Å². The highest BCUT2D eigenvalue weighted by atomic mass is 32.2. The molecule has 4 heterocycles. The molecule has 1 saturated heterocycles. The maximum absolute atomic E-state index is 12.8. The molecule has 0 bridgehead atoms. The van der Waals surface area contributed by atoms with Crippen LogP contribution in [0.15, 0.2) is 44.8 Å². The van der Waals surface area contributed by atoms with Gasteiger partial charge in [-0.3, -0.25) is 9.59 Å². The van der Waals surface area contributed by atoms with E-state index in [2.05, 4.69) is 10.3 Å². The van der Waals surface area contributed by atoms with Gasteiger partial charge in [0, 0.05) is 39.9 Å². The number of β-lactam (4-membered cyclic amide) rings is 1. The first-order valence-electron chi connectivity index (χ1n) is 10.1. The standard InChI is InChI=1S/C21H20F2N4O4S2/c1-9-14-13(10(2)24-18(28)17(22)23)19(29)27(14)15(20(30)31)16(9)33-21-25-12(8-32-21)11-4-6-26(3)7-5-11/h4-10,13-14,17H,1-3H3,(H-,24,28,30,31)/p+1/t9-,10-,13-,14-/m1/s1. The molecule has 0 aromatic carbocycles. The van der Waals surface area contributed by atoms with E-state index in [0.29, 0.717) is 9.24 Å². The van der Waals surface area contributed by atoms with E-state index in [1.165, 1.54) is 34.9 Å². The van der Waals surface area contributed by atoms with E-state index in [1.54, 1.807) is 6.92 Å². The lowest BCUT2D eigenvalue weighted by molar-refractivity contribution is -0.671. The molecule has 8 nitrogen and oxygen atoms in total. The molecule has 4 atom stereocenters. The Morgan fingerprint density at radius 2 is 2.00 bits per heavy atom. The lowest BCUT2D eigenvalue weighted by Crippen LogP contribution is -2.66. The Kier molecular flexibility index (Phi) is 6.23. The molecular formula is C21H21F2N4O4S2+. The molecule has 0 unspecified atom stereocenters. The number of fused-ring (bicyclic) bond motifs is 1. The summed E-state index contributed by atoms with van der Waals surface area (Å²) in [5.41, 5.74) is 1.56. The van der Waals surface area contributed by atoms with Crippen molar-refractivity contribution in [2.45, 2.75) is 36.7 Å². The first-order valence-corrected chi connectivity index (χ1v) is 11.8. The van der Waals surface area contributed by atoms with Crippen molar-refractivity contribution in [2.24, 2.45) is 18.9 Å². The van der Waals surface area contributed by atoms with Crippen LogP contribution >= 0.6 is 23.1 Å². The summed E-state index contributed by atoms with van der Waals surface area (Å²) in [5.74, 6) is -4.34. The average molecular weight is 496 g/mol. The fourth-order valence-corrected chi connectivity index (χ4v) is 6.35.